The van der Waals surface area contributed by atoms with Gasteiger partial charge in [0.05, 0.1) is 0 Å². The maximum Gasteiger partial charge on any atom is 3.00 e. The Balaban J connectivity index is 0.00000525. The molecule has 0 aliphatic rings. The van der Waals surface area contributed by atoms with Gasteiger partial charge in [0.15, 0.2) is 0 Å². The summed E-state index contributed by atoms with van der Waals surface area (Å²) in [5.74, 6) is 0. The summed E-state index contributed by atoms with van der Waals surface area (Å²) in [6.07, 6.45) is 9.57. The fourth-order valence-electron chi connectivity index (χ4n) is 8.97. The van der Waals surface area contributed by atoms with Crippen LogP contribution in [-0.2, 0) is 45.8 Å². The average Bonchev–Trinajstić information content (AvgIpc) is 3.76. The molecule has 4 nitrogen and oxygen atoms in total. The molecule has 0 N–H and O–H groups in total. The van der Waals surface area contributed by atoms with E-state index in [1.165, 1.54) is 33.4 Å². The van der Waals surface area contributed by atoms with Gasteiger partial charge in [-0.05, 0) is 111 Å². The minimum atomic E-state index is 0. The van der Waals surface area contributed by atoms with Crippen LogP contribution in [0.4, 0.5) is 0 Å². The molecule has 322 valence electrons. The first-order chi connectivity index (χ1) is 32.6. The summed E-state index contributed by atoms with van der Waals surface area (Å²) in [6, 6.07) is 73.7. The van der Waals surface area contributed by atoms with E-state index in [0.717, 1.165) is 109 Å². The molecule has 0 spiro atoms. The number of pyridine rings is 3. The Kier molecular flexibility index (Phi) is 12.6. The second kappa shape index (κ2) is 19.5. The maximum atomic E-state index is 6.25. The molecular weight excluding hydrogens is 995 g/mol. The Morgan fingerprint density at radius 3 is 1.57 bits per heavy atom. The van der Waals surface area contributed by atoms with Gasteiger partial charge in [0.1, 0.15) is 11.2 Å². The van der Waals surface area contributed by atoms with E-state index in [9.17, 15) is 0 Å². The molecule has 0 amide bonds. The monoisotopic (exact) mass is 1040 g/mol. The molecule has 4 heterocycles. The van der Waals surface area contributed by atoms with Crippen molar-refractivity contribution in [3.8, 4) is 67.2 Å². The van der Waals surface area contributed by atoms with Crippen molar-refractivity contribution in [2.75, 3.05) is 0 Å². The second-order valence-electron chi connectivity index (χ2n) is 16.9. The molecule has 0 aliphatic carbocycles. The number of furan rings is 1. The number of nitrogens with zero attached hydrogens (tertiary/aromatic N) is 3. The summed E-state index contributed by atoms with van der Waals surface area (Å²) < 4.78 is 6.25. The number of hydrogen-bond donors (Lipinski definition) is 0. The van der Waals surface area contributed by atoms with Crippen molar-refractivity contribution in [2.24, 2.45) is 0 Å². The van der Waals surface area contributed by atoms with Crippen molar-refractivity contribution in [3.63, 3.8) is 0 Å². The molecule has 7 aromatic carbocycles. The van der Waals surface area contributed by atoms with Gasteiger partial charge in [-0.1, -0.05) is 116 Å². The van der Waals surface area contributed by atoms with Gasteiger partial charge in [0, 0.05) is 29.4 Å². The van der Waals surface area contributed by atoms with Crippen LogP contribution in [0.25, 0.3) is 89.1 Å². The van der Waals surface area contributed by atoms with Gasteiger partial charge in [0.2, 0.25) is 0 Å². The number of benzene rings is 7. The Morgan fingerprint density at radius 2 is 0.955 bits per heavy atom. The van der Waals surface area contributed by atoms with Crippen LogP contribution in [-0.4, -0.2) is 15.0 Å². The van der Waals surface area contributed by atoms with Crippen molar-refractivity contribution < 1.29 is 24.5 Å². The Morgan fingerprint density at radius 1 is 0.403 bits per heavy atom. The van der Waals surface area contributed by atoms with E-state index in [2.05, 4.69) is 146 Å². The number of aryl methyl sites for hydroxylation is 5. The van der Waals surface area contributed by atoms with E-state index >= 15 is 0 Å². The van der Waals surface area contributed by atoms with Crippen LogP contribution in [0.2, 0.25) is 0 Å². The quantitative estimate of drug-likeness (QED) is 0.114. The van der Waals surface area contributed by atoms with Crippen molar-refractivity contribution in [2.45, 2.75) is 32.6 Å². The number of para-hydroxylation sites is 1. The van der Waals surface area contributed by atoms with E-state index in [4.69, 9.17) is 19.4 Å². The molecule has 11 aromatic rings. The molecule has 67 heavy (non-hydrogen) atoms. The Bertz CT molecular complexity index is 3350. The molecule has 5 heteroatoms. The molecule has 11 rings (SSSR count). The standard InChI is InChI=1S/C62H44N3O.Ir/c1-42-20-27-50(37-57(42)49-28-30-56-55-18-10-11-19-61(55)66-62(56)38-49)60-33-29-51(41-65-60)53-16-8-9-17-54(53)52-35-45(23-21-43-25-31-58(63-39-43)47-12-4-2-5-13-47)34-46(36-52)24-22-44-26-32-59(64-40-44)48-14-6-3-7-15-48;/h2-12,14,16-20,25-26,28-41H,21-24H2,1H3;/q-3;+3. The summed E-state index contributed by atoms with van der Waals surface area (Å²) in [7, 11) is 0. The van der Waals surface area contributed by atoms with Crippen LogP contribution in [0.1, 0.15) is 27.8 Å². The van der Waals surface area contributed by atoms with Crippen molar-refractivity contribution in [3.05, 3.63) is 247 Å². The molecule has 0 bridgehead atoms. The largest absolute Gasteiger partial charge is 3.00 e. The van der Waals surface area contributed by atoms with Crippen LogP contribution in [0.3, 0.4) is 0 Å². The summed E-state index contributed by atoms with van der Waals surface area (Å²) >= 11 is 0. The van der Waals surface area contributed by atoms with Crippen LogP contribution in [0, 0.1) is 25.1 Å². The summed E-state index contributed by atoms with van der Waals surface area (Å²) in [5.41, 5.74) is 20.5. The fourth-order valence-corrected chi connectivity index (χ4v) is 8.97. The third kappa shape index (κ3) is 9.44. The predicted molar refractivity (Wildman–Crippen MR) is 269 cm³/mol. The van der Waals surface area contributed by atoms with Gasteiger partial charge in [-0.3, -0.25) is 0 Å². The van der Waals surface area contributed by atoms with Crippen LogP contribution >= 0.6 is 0 Å². The Labute approximate surface area is 405 Å². The minimum absolute atomic E-state index is 0. The third-order valence-electron chi connectivity index (χ3n) is 12.5. The van der Waals surface area contributed by atoms with E-state index < -0.39 is 0 Å². The third-order valence-corrected chi connectivity index (χ3v) is 12.5. The Hall–Kier alpha value is -7.56. The first kappa shape index (κ1) is 43.3. The van der Waals surface area contributed by atoms with E-state index in [1.54, 1.807) is 0 Å². The van der Waals surface area contributed by atoms with Crippen LogP contribution < -0.4 is 0 Å². The van der Waals surface area contributed by atoms with Gasteiger partial charge in [-0.2, -0.15) is 0 Å². The zero-order chi connectivity index (χ0) is 44.2. The van der Waals surface area contributed by atoms with Crippen molar-refractivity contribution >= 4 is 21.9 Å². The smallest absolute Gasteiger partial charge is 0.456 e. The van der Waals surface area contributed by atoms with Gasteiger partial charge >= 0.3 is 20.1 Å². The van der Waals surface area contributed by atoms with Gasteiger partial charge in [-0.15, -0.1) is 101 Å². The number of fused-ring (bicyclic) bond motifs is 3. The molecule has 0 saturated heterocycles. The predicted octanol–water partition coefficient (Wildman–Crippen LogP) is 15.0. The first-order valence-corrected chi connectivity index (χ1v) is 22.6. The fraction of sp³-hybridized carbons (Fsp3) is 0.0806. The zero-order valence-electron chi connectivity index (χ0n) is 37.0. The number of rotatable bonds is 12. The first-order valence-electron chi connectivity index (χ1n) is 22.6. The minimum Gasteiger partial charge on any atom is -0.456 e. The van der Waals surface area contributed by atoms with Crippen molar-refractivity contribution in [1.29, 1.82) is 0 Å². The van der Waals surface area contributed by atoms with Gasteiger partial charge in [-0.25, -0.2) is 0 Å². The van der Waals surface area contributed by atoms with E-state index in [0.29, 0.717) is 0 Å². The molecule has 0 atom stereocenters. The van der Waals surface area contributed by atoms with Crippen LogP contribution in [0.5, 0.6) is 0 Å². The van der Waals surface area contributed by atoms with Gasteiger partial charge in [0.25, 0.3) is 0 Å². The molecule has 4 aromatic heterocycles. The zero-order valence-corrected chi connectivity index (χ0v) is 39.4. The second-order valence-corrected chi connectivity index (χ2v) is 16.9. The maximum absolute atomic E-state index is 6.25. The van der Waals surface area contributed by atoms with E-state index in [-0.39, 0.29) is 20.1 Å². The summed E-state index contributed by atoms with van der Waals surface area (Å²) in [5, 5.41) is 2.26. The summed E-state index contributed by atoms with van der Waals surface area (Å²) in [4.78, 5) is 14.6. The SMILES string of the molecule is Cc1c[c-]c(-c2ccc(-c3ccccc3-c3cc(CCc4ccc(-c5[c-]cccc5)nc4)cc(CCc4ccc(-c5[c-]cccc5)nc4)c3)cn2)cc1-c1ccc2c(c1)oc1ccccc12.[Ir+3]. The average molecular weight is 1040 g/mol. The molecule has 0 fully saturated rings. The van der Waals surface area contributed by atoms with Gasteiger partial charge < -0.3 is 19.4 Å². The molecule has 0 aliphatic heterocycles. The summed E-state index contributed by atoms with van der Waals surface area (Å²) in [6.45, 7) is 2.13. The topological polar surface area (TPSA) is 51.8 Å². The number of aromatic nitrogens is 3. The van der Waals surface area contributed by atoms with Crippen LogP contribution in [0.15, 0.2) is 205 Å². The molecule has 0 unspecified atom stereocenters. The molecule has 0 radical (unpaired) electrons. The molecule has 0 saturated carbocycles. The number of hydrogen-bond acceptors (Lipinski definition) is 4. The van der Waals surface area contributed by atoms with E-state index in [1.807, 2.05) is 79.3 Å². The molecular formula is C62H44IrN3O. The normalized spacial score (nSPS) is 11.2. The van der Waals surface area contributed by atoms with Crippen molar-refractivity contribution in [1.82, 2.24) is 15.0 Å².